The van der Waals surface area contributed by atoms with Gasteiger partial charge in [0.05, 0.1) is 10.7 Å². The van der Waals surface area contributed by atoms with E-state index in [1.807, 2.05) is 12.1 Å². The topological polar surface area (TPSA) is 71.8 Å². The maximum atomic E-state index is 14.3. The number of nitrogens with two attached hydrogens (primary N) is 1. The van der Waals surface area contributed by atoms with E-state index in [2.05, 4.69) is 9.97 Å². The molecule has 106 valence electrons. The highest BCUT2D eigenvalue weighted by atomic mass is 35.5. The number of benzene rings is 1. The number of nitrogen functional groups attached to an aromatic ring is 1. The molecule has 2 heterocycles. The molecular weight excluding hydrogens is 293 g/mol. The van der Waals surface area contributed by atoms with Crippen molar-refractivity contribution >= 4 is 34.0 Å². The molecule has 2 aromatic heterocycles. The second kappa shape index (κ2) is 4.86. The Morgan fingerprint density at radius 1 is 1.38 bits per heavy atom. The summed E-state index contributed by atoms with van der Waals surface area (Å²) in [5.41, 5.74) is 6.72. The Hall–Kier alpha value is -2.40. The molecular formula is C15H11ClFN3O. The van der Waals surface area contributed by atoms with Crippen LogP contribution in [0, 0.1) is 5.82 Å². The van der Waals surface area contributed by atoms with Crippen LogP contribution >= 0.6 is 11.6 Å². The molecule has 0 fully saturated rings. The summed E-state index contributed by atoms with van der Waals surface area (Å²) in [6, 6.07) is 7.21. The fraction of sp³-hybridized carbons (Fsp3) is 0.0667. The number of halogens is 2. The molecule has 0 radical (unpaired) electrons. The van der Waals surface area contributed by atoms with Gasteiger partial charge in [-0.3, -0.25) is 4.79 Å². The van der Waals surface area contributed by atoms with Gasteiger partial charge in [-0.2, -0.15) is 0 Å². The quantitative estimate of drug-likeness (QED) is 0.707. The average molecular weight is 304 g/mol. The van der Waals surface area contributed by atoms with Gasteiger partial charge in [0.1, 0.15) is 11.4 Å². The maximum Gasteiger partial charge on any atom is 0.179 e. The van der Waals surface area contributed by atoms with Crippen LogP contribution in [0.4, 0.5) is 10.1 Å². The van der Waals surface area contributed by atoms with Crippen molar-refractivity contribution < 1.29 is 9.18 Å². The van der Waals surface area contributed by atoms with E-state index in [1.54, 1.807) is 18.3 Å². The van der Waals surface area contributed by atoms with Crippen molar-refractivity contribution in [2.24, 2.45) is 0 Å². The van der Waals surface area contributed by atoms with Crippen LogP contribution in [-0.4, -0.2) is 15.8 Å². The molecule has 0 aliphatic heterocycles. The summed E-state index contributed by atoms with van der Waals surface area (Å²) in [5.74, 6) is -1.09. The predicted octanol–water partition coefficient (Wildman–Crippen LogP) is 3.81. The summed E-state index contributed by atoms with van der Waals surface area (Å²) in [7, 11) is 0. The normalized spacial score (nSPS) is 11.0. The number of Topliss-reactive ketones (excluding diaryl/α,β-unsaturated/α-hetero) is 1. The Morgan fingerprint density at radius 2 is 2.14 bits per heavy atom. The largest absolute Gasteiger partial charge is 0.395 e. The van der Waals surface area contributed by atoms with E-state index in [0.717, 1.165) is 10.9 Å². The monoisotopic (exact) mass is 303 g/mol. The predicted molar refractivity (Wildman–Crippen MR) is 80.9 cm³/mol. The van der Waals surface area contributed by atoms with Crippen LogP contribution in [0.15, 0.2) is 30.5 Å². The van der Waals surface area contributed by atoms with Crippen molar-refractivity contribution in [3.8, 4) is 11.3 Å². The minimum atomic E-state index is -0.726. The molecule has 6 heteroatoms. The summed E-state index contributed by atoms with van der Waals surface area (Å²) in [5, 5.41) is 0.845. The molecule has 3 N–H and O–H groups in total. The Labute approximate surface area is 124 Å². The molecule has 0 saturated heterocycles. The van der Waals surface area contributed by atoms with E-state index < -0.39 is 5.82 Å². The van der Waals surface area contributed by atoms with Crippen LogP contribution in [0.5, 0.6) is 0 Å². The number of nitrogens with zero attached hydrogens (tertiary/aromatic N) is 1. The lowest BCUT2D eigenvalue weighted by Crippen LogP contribution is -2.06. The van der Waals surface area contributed by atoms with Crippen LogP contribution < -0.4 is 5.73 Å². The Balaban J connectivity index is 2.28. The Bertz CT molecular complexity index is 873. The van der Waals surface area contributed by atoms with Gasteiger partial charge in [-0.25, -0.2) is 9.37 Å². The zero-order valence-corrected chi connectivity index (χ0v) is 11.8. The standard InChI is InChI=1S/C15H11ClFN3O/c1-7(21)14-11(16)13(18)12(17)15(20-14)9-3-2-8-4-5-19-10(8)6-9/h2-6,19H,1H3,(H2,18,20). The molecule has 3 rings (SSSR count). The number of ketones is 1. The molecule has 21 heavy (non-hydrogen) atoms. The Morgan fingerprint density at radius 3 is 2.86 bits per heavy atom. The first-order valence-electron chi connectivity index (χ1n) is 6.22. The number of aromatic nitrogens is 2. The molecule has 1 aromatic carbocycles. The highest BCUT2D eigenvalue weighted by Gasteiger charge is 2.20. The van der Waals surface area contributed by atoms with Crippen molar-refractivity contribution in [2.45, 2.75) is 6.92 Å². The SMILES string of the molecule is CC(=O)c1nc(-c2ccc3cc[nH]c3c2)c(F)c(N)c1Cl. The first kappa shape index (κ1) is 13.6. The highest BCUT2D eigenvalue weighted by Crippen LogP contribution is 2.33. The van der Waals surface area contributed by atoms with Crippen molar-refractivity contribution in [1.29, 1.82) is 0 Å². The summed E-state index contributed by atoms with van der Waals surface area (Å²) >= 11 is 5.88. The summed E-state index contributed by atoms with van der Waals surface area (Å²) in [6.07, 6.45) is 1.79. The molecule has 4 nitrogen and oxygen atoms in total. The average Bonchev–Trinajstić information content (AvgIpc) is 2.92. The van der Waals surface area contributed by atoms with Crippen LogP contribution in [0.3, 0.4) is 0 Å². The zero-order valence-electron chi connectivity index (χ0n) is 11.1. The molecule has 0 amide bonds. The first-order valence-corrected chi connectivity index (χ1v) is 6.59. The van der Waals surface area contributed by atoms with E-state index in [1.165, 1.54) is 6.92 Å². The van der Waals surface area contributed by atoms with Crippen LogP contribution in [0.1, 0.15) is 17.4 Å². The van der Waals surface area contributed by atoms with Gasteiger partial charge in [0.15, 0.2) is 11.6 Å². The lowest BCUT2D eigenvalue weighted by Gasteiger charge is -2.10. The van der Waals surface area contributed by atoms with Crippen LogP contribution in [0.2, 0.25) is 5.02 Å². The third-order valence-electron chi connectivity index (χ3n) is 3.27. The zero-order chi connectivity index (χ0) is 15.1. The molecule has 3 aromatic rings. The fourth-order valence-corrected chi connectivity index (χ4v) is 2.44. The number of carbonyl (C=O) groups excluding carboxylic acids is 1. The number of pyridine rings is 1. The Kier molecular flexibility index (Phi) is 3.14. The smallest absolute Gasteiger partial charge is 0.179 e. The number of hydrogen-bond acceptors (Lipinski definition) is 3. The van der Waals surface area contributed by atoms with Gasteiger partial charge < -0.3 is 10.7 Å². The second-order valence-electron chi connectivity index (χ2n) is 4.69. The second-order valence-corrected chi connectivity index (χ2v) is 5.06. The summed E-state index contributed by atoms with van der Waals surface area (Å²) in [6.45, 7) is 1.31. The number of anilines is 1. The van der Waals surface area contributed by atoms with Crippen LogP contribution in [-0.2, 0) is 0 Å². The number of carbonyl (C=O) groups is 1. The molecule has 0 aliphatic rings. The molecule has 0 aliphatic carbocycles. The van der Waals surface area contributed by atoms with Gasteiger partial charge in [0, 0.05) is 24.2 Å². The maximum absolute atomic E-state index is 14.3. The lowest BCUT2D eigenvalue weighted by molar-refractivity contribution is 0.101. The van der Waals surface area contributed by atoms with Crippen molar-refractivity contribution in [1.82, 2.24) is 9.97 Å². The van der Waals surface area contributed by atoms with Crippen molar-refractivity contribution in [3.63, 3.8) is 0 Å². The number of rotatable bonds is 2. The third kappa shape index (κ3) is 2.15. The number of H-pyrrole nitrogens is 1. The molecule has 0 atom stereocenters. The van der Waals surface area contributed by atoms with Crippen LogP contribution in [0.25, 0.3) is 22.2 Å². The number of aromatic amines is 1. The molecule has 0 unspecified atom stereocenters. The van der Waals surface area contributed by atoms with Gasteiger partial charge in [-0.1, -0.05) is 23.7 Å². The number of fused-ring (bicyclic) bond motifs is 1. The number of nitrogens with one attached hydrogen (secondary N) is 1. The summed E-state index contributed by atoms with van der Waals surface area (Å²) in [4.78, 5) is 18.6. The van der Waals surface area contributed by atoms with E-state index in [9.17, 15) is 9.18 Å². The first-order chi connectivity index (χ1) is 9.99. The molecule has 0 spiro atoms. The van der Waals surface area contributed by atoms with E-state index in [-0.39, 0.29) is 27.9 Å². The molecule has 0 bridgehead atoms. The number of hydrogen-bond donors (Lipinski definition) is 2. The van der Waals surface area contributed by atoms with Gasteiger partial charge in [-0.15, -0.1) is 0 Å². The van der Waals surface area contributed by atoms with E-state index in [0.29, 0.717) is 5.56 Å². The van der Waals surface area contributed by atoms with Gasteiger partial charge in [0.25, 0.3) is 0 Å². The highest BCUT2D eigenvalue weighted by molar-refractivity contribution is 6.36. The van der Waals surface area contributed by atoms with E-state index >= 15 is 0 Å². The minimum Gasteiger partial charge on any atom is -0.395 e. The van der Waals surface area contributed by atoms with Gasteiger partial charge >= 0.3 is 0 Å². The summed E-state index contributed by atoms with van der Waals surface area (Å²) < 4.78 is 14.3. The van der Waals surface area contributed by atoms with Crippen molar-refractivity contribution in [2.75, 3.05) is 5.73 Å². The van der Waals surface area contributed by atoms with Crippen molar-refractivity contribution in [3.05, 3.63) is 47.0 Å². The lowest BCUT2D eigenvalue weighted by atomic mass is 10.1. The minimum absolute atomic E-state index is 0.0126. The fourth-order valence-electron chi connectivity index (χ4n) is 2.18. The molecule has 0 saturated carbocycles. The van der Waals surface area contributed by atoms with E-state index in [4.69, 9.17) is 17.3 Å². The third-order valence-corrected chi connectivity index (χ3v) is 3.66. The van der Waals surface area contributed by atoms with Gasteiger partial charge in [-0.05, 0) is 17.5 Å². The van der Waals surface area contributed by atoms with Gasteiger partial charge in [0.2, 0.25) is 0 Å².